The lowest BCUT2D eigenvalue weighted by Crippen LogP contribution is -2.30. The highest BCUT2D eigenvalue weighted by atomic mass is 32.2. The van der Waals surface area contributed by atoms with Gasteiger partial charge in [-0.15, -0.1) is 11.8 Å². The van der Waals surface area contributed by atoms with Crippen molar-refractivity contribution in [3.05, 3.63) is 52.6 Å². The van der Waals surface area contributed by atoms with Crippen molar-refractivity contribution in [3.8, 4) is 11.5 Å². The van der Waals surface area contributed by atoms with Gasteiger partial charge in [-0.2, -0.15) is 0 Å². The second kappa shape index (κ2) is 9.13. The number of carbonyl (C=O) groups excluding carboxylic acids is 1. The van der Waals surface area contributed by atoms with E-state index in [-0.39, 0.29) is 17.3 Å². The smallest absolute Gasteiger partial charge is 0.292 e. The van der Waals surface area contributed by atoms with Gasteiger partial charge in [-0.1, -0.05) is 12.1 Å². The van der Waals surface area contributed by atoms with E-state index in [0.29, 0.717) is 37.7 Å². The number of nitrogens with zero attached hydrogens (tertiary/aromatic N) is 1. The van der Waals surface area contributed by atoms with E-state index < -0.39 is 4.92 Å². The molecule has 2 aromatic rings. The number of para-hydroxylation sites is 2. The van der Waals surface area contributed by atoms with Crippen molar-refractivity contribution in [2.75, 3.05) is 37.4 Å². The Labute approximate surface area is 160 Å². The van der Waals surface area contributed by atoms with Gasteiger partial charge in [0.2, 0.25) is 5.91 Å². The van der Waals surface area contributed by atoms with Crippen molar-refractivity contribution >= 4 is 29.0 Å². The molecule has 0 fully saturated rings. The second-order valence-electron chi connectivity index (χ2n) is 5.65. The summed E-state index contributed by atoms with van der Waals surface area (Å²) in [4.78, 5) is 23.4. The van der Waals surface area contributed by atoms with Crippen LogP contribution in [0.1, 0.15) is 0 Å². The molecule has 9 heteroatoms. The number of nitro groups is 1. The van der Waals surface area contributed by atoms with Gasteiger partial charge in [0.25, 0.3) is 5.69 Å². The molecule has 0 saturated carbocycles. The number of anilines is 1. The summed E-state index contributed by atoms with van der Waals surface area (Å²) >= 11 is 1.40. The molecule has 0 saturated heterocycles. The van der Waals surface area contributed by atoms with Crippen LogP contribution >= 0.6 is 11.8 Å². The first kappa shape index (κ1) is 18.8. The number of amides is 1. The molecule has 0 spiro atoms. The number of nitrogens with one attached hydrogen (secondary N) is 2. The summed E-state index contributed by atoms with van der Waals surface area (Å²) in [5.74, 6) is 1.57. The Hall–Kier alpha value is -2.94. The highest BCUT2D eigenvalue weighted by molar-refractivity contribution is 8.00. The first-order valence-corrected chi connectivity index (χ1v) is 9.38. The molecule has 2 aromatic carbocycles. The molecule has 0 radical (unpaired) electrons. The highest BCUT2D eigenvalue weighted by Gasteiger charge is 2.13. The number of hydrogen-bond acceptors (Lipinski definition) is 7. The number of benzene rings is 2. The molecular weight excluding hydrogens is 370 g/mol. The van der Waals surface area contributed by atoms with Gasteiger partial charge in [0.1, 0.15) is 18.9 Å². The highest BCUT2D eigenvalue weighted by Crippen LogP contribution is 2.34. The van der Waals surface area contributed by atoms with Crippen LogP contribution in [0.2, 0.25) is 0 Å². The maximum Gasteiger partial charge on any atom is 0.292 e. The van der Waals surface area contributed by atoms with Crippen LogP contribution in [0, 0.1) is 10.1 Å². The van der Waals surface area contributed by atoms with E-state index in [0.717, 1.165) is 10.6 Å². The van der Waals surface area contributed by atoms with E-state index >= 15 is 0 Å². The van der Waals surface area contributed by atoms with Crippen molar-refractivity contribution < 1.29 is 19.2 Å². The average Bonchev–Trinajstić information content (AvgIpc) is 2.69. The molecular formula is C18H19N3O5S. The average molecular weight is 389 g/mol. The van der Waals surface area contributed by atoms with Crippen LogP contribution in [0.15, 0.2) is 47.4 Å². The van der Waals surface area contributed by atoms with Gasteiger partial charge in [0.05, 0.1) is 10.7 Å². The molecule has 0 aromatic heterocycles. The van der Waals surface area contributed by atoms with Crippen LogP contribution in [-0.4, -0.2) is 42.9 Å². The number of carbonyl (C=O) groups is 1. The van der Waals surface area contributed by atoms with Crippen molar-refractivity contribution in [3.63, 3.8) is 0 Å². The van der Waals surface area contributed by atoms with Gasteiger partial charge in [-0.3, -0.25) is 14.9 Å². The third kappa shape index (κ3) is 5.27. The molecule has 1 aliphatic rings. The SMILES string of the molecule is O=C(CSc1ccc2c(c1)OCCO2)NCCNc1ccccc1[N+](=O)[O-]. The second-order valence-corrected chi connectivity index (χ2v) is 6.69. The van der Waals surface area contributed by atoms with Crippen molar-refractivity contribution in [1.29, 1.82) is 0 Å². The summed E-state index contributed by atoms with van der Waals surface area (Å²) in [6, 6.07) is 12.0. The number of fused-ring (bicyclic) bond motifs is 1. The minimum absolute atomic E-state index is 0.0120. The predicted octanol–water partition coefficient (Wildman–Crippen LogP) is 2.69. The van der Waals surface area contributed by atoms with Gasteiger partial charge >= 0.3 is 0 Å². The molecule has 142 valence electrons. The lowest BCUT2D eigenvalue weighted by molar-refractivity contribution is -0.384. The molecule has 1 aliphatic heterocycles. The number of thioether (sulfide) groups is 1. The Morgan fingerprint density at radius 1 is 1.11 bits per heavy atom. The Balaban J connectivity index is 1.40. The predicted molar refractivity (Wildman–Crippen MR) is 103 cm³/mol. The lowest BCUT2D eigenvalue weighted by atomic mass is 10.2. The minimum atomic E-state index is -0.440. The third-order valence-corrected chi connectivity index (χ3v) is 4.74. The third-order valence-electron chi connectivity index (χ3n) is 3.75. The fraction of sp³-hybridized carbons (Fsp3) is 0.278. The molecule has 8 nitrogen and oxygen atoms in total. The fourth-order valence-corrected chi connectivity index (χ4v) is 3.25. The van der Waals surface area contributed by atoms with E-state index in [2.05, 4.69) is 10.6 Å². The van der Waals surface area contributed by atoms with Gasteiger partial charge in [-0.25, -0.2) is 0 Å². The van der Waals surface area contributed by atoms with Crippen LogP contribution in [-0.2, 0) is 4.79 Å². The number of rotatable bonds is 8. The van der Waals surface area contributed by atoms with Gasteiger partial charge in [0, 0.05) is 24.1 Å². The van der Waals surface area contributed by atoms with E-state index in [1.807, 2.05) is 18.2 Å². The van der Waals surface area contributed by atoms with Crippen LogP contribution < -0.4 is 20.1 Å². The Kier molecular flexibility index (Phi) is 6.37. The fourth-order valence-electron chi connectivity index (χ4n) is 2.49. The molecule has 1 amide bonds. The Morgan fingerprint density at radius 3 is 2.70 bits per heavy atom. The van der Waals surface area contributed by atoms with Crippen LogP contribution in [0.3, 0.4) is 0 Å². The molecule has 0 aliphatic carbocycles. The summed E-state index contributed by atoms with van der Waals surface area (Å²) in [5, 5.41) is 16.7. The van der Waals surface area contributed by atoms with Gasteiger partial charge < -0.3 is 20.1 Å². The standard InChI is InChI=1S/C18H19N3O5S/c22-18(12-27-13-5-6-16-17(11-13)26-10-9-25-16)20-8-7-19-14-3-1-2-4-15(14)21(23)24/h1-6,11,19H,7-10,12H2,(H,20,22). The van der Waals surface area contributed by atoms with E-state index in [1.54, 1.807) is 18.2 Å². The maximum absolute atomic E-state index is 12.0. The van der Waals surface area contributed by atoms with Crippen LogP contribution in [0.4, 0.5) is 11.4 Å². The molecule has 1 heterocycles. The van der Waals surface area contributed by atoms with Crippen LogP contribution in [0.25, 0.3) is 0 Å². The molecule has 27 heavy (non-hydrogen) atoms. The minimum Gasteiger partial charge on any atom is -0.486 e. The summed E-state index contributed by atoms with van der Waals surface area (Å²) in [5.41, 5.74) is 0.445. The zero-order chi connectivity index (χ0) is 19.1. The van der Waals surface area contributed by atoms with E-state index in [9.17, 15) is 14.9 Å². The molecule has 0 unspecified atom stereocenters. The molecule has 2 N–H and O–H groups in total. The zero-order valence-electron chi connectivity index (χ0n) is 14.5. The Morgan fingerprint density at radius 2 is 1.89 bits per heavy atom. The topological polar surface area (TPSA) is 103 Å². The number of ether oxygens (including phenoxy) is 2. The van der Waals surface area contributed by atoms with Gasteiger partial charge in [-0.05, 0) is 24.3 Å². The normalized spacial score (nSPS) is 12.3. The first-order chi connectivity index (χ1) is 13.1. The largest absolute Gasteiger partial charge is 0.486 e. The monoisotopic (exact) mass is 389 g/mol. The lowest BCUT2D eigenvalue weighted by Gasteiger charge is -2.18. The zero-order valence-corrected chi connectivity index (χ0v) is 15.3. The Bertz CT molecular complexity index is 830. The quantitative estimate of drug-likeness (QED) is 0.310. The molecule has 3 rings (SSSR count). The summed E-state index contributed by atoms with van der Waals surface area (Å²) in [7, 11) is 0. The van der Waals surface area contributed by atoms with Crippen LogP contribution in [0.5, 0.6) is 11.5 Å². The van der Waals surface area contributed by atoms with Crippen molar-refractivity contribution in [2.24, 2.45) is 0 Å². The van der Waals surface area contributed by atoms with Crippen molar-refractivity contribution in [2.45, 2.75) is 4.90 Å². The van der Waals surface area contributed by atoms with E-state index in [4.69, 9.17) is 9.47 Å². The summed E-state index contributed by atoms with van der Waals surface area (Å²) < 4.78 is 11.0. The van der Waals surface area contributed by atoms with E-state index in [1.165, 1.54) is 17.8 Å². The summed E-state index contributed by atoms with van der Waals surface area (Å²) in [6.07, 6.45) is 0. The van der Waals surface area contributed by atoms with Gasteiger partial charge in [0.15, 0.2) is 11.5 Å². The maximum atomic E-state index is 12.0. The summed E-state index contributed by atoms with van der Waals surface area (Å²) in [6.45, 7) is 1.83. The molecule has 0 bridgehead atoms. The first-order valence-electron chi connectivity index (χ1n) is 8.40. The number of nitro benzene ring substituents is 1. The molecule has 0 atom stereocenters. The van der Waals surface area contributed by atoms with Crippen molar-refractivity contribution in [1.82, 2.24) is 5.32 Å². The number of hydrogen-bond donors (Lipinski definition) is 2.